The highest BCUT2D eigenvalue weighted by Gasteiger charge is 2.22. The van der Waals surface area contributed by atoms with Crippen molar-refractivity contribution >= 4 is 17.8 Å². The van der Waals surface area contributed by atoms with E-state index in [1.807, 2.05) is 0 Å². The third kappa shape index (κ3) is 3.81. The molecule has 0 aliphatic heterocycles. The van der Waals surface area contributed by atoms with E-state index in [4.69, 9.17) is 5.73 Å². The van der Waals surface area contributed by atoms with Crippen molar-refractivity contribution in [2.45, 2.75) is 19.9 Å². The molecule has 0 aliphatic rings. The predicted molar refractivity (Wildman–Crippen MR) is 73.1 cm³/mol. The number of amides is 2. The number of methoxy groups -OCH3 is 1. The second kappa shape index (κ2) is 6.70. The maximum atomic E-state index is 12.1. The lowest BCUT2D eigenvalue weighted by Gasteiger charge is -2.19. The molecule has 20 heavy (non-hydrogen) atoms. The number of esters is 1. The Morgan fingerprint density at radius 1 is 1.20 bits per heavy atom. The van der Waals surface area contributed by atoms with Crippen molar-refractivity contribution in [3.05, 3.63) is 35.4 Å². The van der Waals surface area contributed by atoms with Gasteiger partial charge in [-0.2, -0.15) is 0 Å². The smallest absolute Gasteiger partial charge is 0.337 e. The number of hydrogen-bond donors (Lipinski definition) is 2. The molecule has 1 aromatic rings. The monoisotopic (exact) mass is 278 g/mol. The average Bonchev–Trinajstić information content (AvgIpc) is 2.42. The molecule has 0 radical (unpaired) electrons. The summed E-state index contributed by atoms with van der Waals surface area (Å²) >= 11 is 0. The van der Waals surface area contributed by atoms with Gasteiger partial charge in [0.15, 0.2) is 0 Å². The van der Waals surface area contributed by atoms with E-state index < -0.39 is 23.8 Å². The molecule has 1 aromatic carbocycles. The van der Waals surface area contributed by atoms with Crippen LogP contribution in [0.15, 0.2) is 24.3 Å². The second-order valence-corrected chi connectivity index (χ2v) is 4.67. The fourth-order valence-electron chi connectivity index (χ4n) is 1.70. The summed E-state index contributed by atoms with van der Waals surface area (Å²) in [6.45, 7) is 3.56. The Hall–Kier alpha value is -2.37. The van der Waals surface area contributed by atoms with Crippen molar-refractivity contribution in [1.82, 2.24) is 5.32 Å². The highest BCUT2D eigenvalue weighted by atomic mass is 16.5. The van der Waals surface area contributed by atoms with E-state index in [1.54, 1.807) is 26.0 Å². The van der Waals surface area contributed by atoms with Crippen molar-refractivity contribution in [2.75, 3.05) is 7.11 Å². The number of hydrogen-bond acceptors (Lipinski definition) is 4. The number of carbonyl (C=O) groups is 3. The van der Waals surface area contributed by atoms with Gasteiger partial charge < -0.3 is 15.8 Å². The number of carbonyl (C=O) groups excluding carboxylic acids is 3. The van der Waals surface area contributed by atoms with Crippen molar-refractivity contribution < 1.29 is 19.1 Å². The van der Waals surface area contributed by atoms with Crippen molar-refractivity contribution in [2.24, 2.45) is 11.7 Å². The lowest BCUT2D eigenvalue weighted by atomic mass is 10.0. The fourth-order valence-corrected chi connectivity index (χ4v) is 1.70. The van der Waals surface area contributed by atoms with Gasteiger partial charge in [0.05, 0.1) is 12.7 Å². The third-order valence-electron chi connectivity index (χ3n) is 2.81. The van der Waals surface area contributed by atoms with Crippen LogP contribution in [0.5, 0.6) is 0 Å². The Morgan fingerprint density at radius 2 is 1.80 bits per heavy atom. The molecule has 0 saturated carbocycles. The third-order valence-corrected chi connectivity index (χ3v) is 2.81. The number of rotatable bonds is 5. The van der Waals surface area contributed by atoms with Gasteiger partial charge in [-0.1, -0.05) is 19.9 Å². The molecular weight excluding hydrogens is 260 g/mol. The number of primary amides is 1. The maximum Gasteiger partial charge on any atom is 0.337 e. The first kappa shape index (κ1) is 15.7. The van der Waals surface area contributed by atoms with E-state index >= 15 is 0 Å². The van der Waals surface area contributed by atoms with Crippen LogP contribution >= 0.6 is 0 Å². The Balaban J connectivity index is 2.92. The van der Waals surface area contributed by atoms with Gasteiger partial charge in [0.25, 0.3) is 5.91 Å². The summed E-state index contributed by atoms with van der Waals surface area (Å²) in [6.07, 6.45) is 0. The van der Waals surface area contributed by atoms with E-state index in [-0.39, 0.29) is 17.0 Å². The van der Waals surface area contributed by atoms with Crippen LogP contribution in [0.4, 0.5) is 0 Å². The fraction of sp³-hybridized carbons (Fsp3) is 0.357. The first-order valence-electron chi connectivity index (χ1n) is 6.15. The Bertz CT molecular complexity index is 526. The zero-order chi connectivity index (χ0) is 15.3. The molecule has 0 heterocycles. The van der Waals surface area contributed by atoms with Crippen LogP contribution < -0.4 is 11.1 Å². The largest absolute Gasteiger partial charge is 0.465 e. The zero-order valence-corrected chi connectivity index (χ0v) is 11.7. The highest BCUT2D eigenvalue weighted by Crippen LogP contribution is 2.08. The SMILES string of the molecule is COC(=O)c1cccc(C(=O)N[C@H](C(N)=O)C(C)C)c1. The molecule has 0 aliphatic carbocycles. The minimum Gasteiger partial charge on any atom is -0.465 e. The standard InChI is InChI=1S/C14H18N2O4/c1-8(2)11(12(15)17)16-13(18)9-5-4-6-10(7-9)14(19)20-3/h4-8,11H,1-3H3,(H2,15,17)(H,16,18)/t11-/m0/s1. The lowest BCUT2D eigenvalue weighted by Crippen LogP contribution is -2.47. The predicted octanol–water partition coefficient (Wildman–Crippen LogP) is 0.713. The molecule has 6 heteroatoms. The molecule has 0 spiro atoms. The average molecular weight is 278 g/mol. The molecule has 0 bridgehead atoms. The number of nitrogens with one attached hydrogen (secondary N) is 1. The summed E-state index contributed by atoms with van der Waals surface area (Å²) < 4.78 is 4.58. The molecule has 2 amide bonds. The van der Waals surface area contributed by atoms with E-state index in [2.05, 4.69) is 10.1 Å². The van der Waals surface area contributed by atoms with E-state index in [0.717, 1.165) is 0 Å². The van der Waals surface area contributed by atoms with E-state index in [1.165, 1.54) is 19.2 Å². The molecule has 6 nitrogen and oxygen atoms in total. The molecule has 108 valence electrons. The van der Waals surface area contributed by atoms with E-state index in [9.17, 15) is 14.4 Å². The zero-order valence-electron chi connectivity index (χ0n) is 11.7. The van der Waals surface area contributed by atoms with Gasteiger partial charge in [-0.15, -0.1) is 0 Å². The number of benzene rings is 1. The van der Waals surface area contributed by atoms with Gasteiger partial charge in [0.1, 0.15) is 6.04 Å². The highest BCUT2D eigenvalue weighted by molar-refractivity contribution is 5.99. The van der Waals surface area contributed by atoms with Gasteiger partial charge in [0, 0.05) is 5.56 Å². The van der Waals surface area contributed by atoms with Gasteiger partial charge in [-0.3, -0.25) is 9.59 Å². The molecule has 0 saturated heterocycles. The normalized spacial score (nSPS) is 11.8. The summed E-state index contributed by atoms with van der Waals surface area (Å²) in [5.74, 6) is -1.72. The van der Waals surface area contributed by atoms with Crippen LogP contribution in [0, 0.1) is 5.92 Å². The molecule has 0 unspecified atom stereocenters. The van der Waals surface area contributed by atoms with Gasteiger partial charge in [-0.25, -0.2) is 4.79 Å². The quantitative estimate of drug-likeness (QED) is 0.775. The molecule has 0 fully saturated rings. The van der Waals surface area contributed by atoms with Crippen LogP contribution in [0.1, 0.15) is 34.6 Å². The van der Waals surface area contributed by atoms with Crippen LogP contribution in [0.3, 0.4) is 0 Å². The minimum absolute atomic E-state index is 0.125. The molecule has 1 atom stereocenters. The maximum absolute atomic E-state index is 12.1. The molecular formula is C14H18N2O4. The van der Waals surface area contributed by atoms with Crippen molar-refractivity contribution in [3.63, 3.8) is 0 Å². The minimum atomic E-state index is -0.760. The van der Waals surface area contributed by atoms with Crippen LogP contribution in [0.25, 0.3) is 0 Å². The van der Waals surface area contributed by atoms with Crippen molar-refractivity contribution in [1.29, 1.82) is 0 Å². The number of ether oxygens (including phenoxy) is 1. The second-order valence-electron chi connectivity index (χ2n) is 4.67. The first-order valence-corrected chi connectivity index (χ1v) is 6.15. The first-order chi connectivity index (χ1) is 9.36. The summed E-state index contributed by atoms with van der Waals surface area (Å²) in [5, 5.41) is 2.55. The van der Waals surface area contributed by atoms with Crippen LogP contribution in [-0.2, 0) is 9.53 Å². The molecule has 1 rings (SSSR count). The van der Waals surface area contributed by atoms with Crippen molar-refractivity contribution in [3.8, 4) is 0 Å². The summed E-state index contributed by atoms with van der Waals surface area (Å²) in [6, 6.07) is 5.29. The van der Waals surface area contributed by atoms with Gasteiger partial charge in [-0.05, 0) is 24.1 Å². The Labute approximate surface area is 117 Å². The van der Waals surface area contributed by atoms with E-state index in [0.29, 0.717) is 0 Å². The topological polar surface area (TPSA) is 98.5 Å². The van der Waals surface area contributed by atoms with Crippen LogP contribution in [0.2, 0.25) is 0 Å². The Morgan fingerprint density at radius 3 is 2.30 bits per heavy atom. The van der Waals surface area contributed by atoms with Crippen LogP contribution in [-0.4, -0.2) is 30.9 Å². The molecule has 3 N–H and O–H groups in total. The van der Waals surface area contributed by atoms with Gasteiger partial charge in [0.2, 0.25) is 5.91 Å². The summed E-state index contributed by atoms with van der Waals surface area (Å²) in [7, 11) is 1.26. The summed E-state index contributed by atoms with van der Waals surface area (Å²) in [5.41, 5.74) is 5.76. The number of nitrogens with two attached hydrogens (primary N) is 1. The summed E-state index contributed by atoms with van der Waals surface area (Å²) in [4.78, 5) is 34.7. The lowest BCUT2D eigenvalue weighted by molar-refractivity contribution is -0.120. The molecule has 0 aromatic heterocycles. The van der Waals surface area contributed by atoms with Gasteiger partial charge >= 0.3 is 5.97 Å². The Kier molecular flexibility index (Phi) is 5.25.